The average Bonchev–Trinajstić information content (AvgIpc) is 2.33. The van der Waals surface area contributed by atoms with Gasteiger partial charge in [0.15, 0.2) is 0 Å². The Bertz CT molecular complexity index is 307. The summed E-state index contributed by atoms with van der Waals surface area (Å²) in [5.74, 6) is -0.137. The fraction of sp³-hybridized carbons (Fsp3) is 0.625. The molecule has 17 heavy (non-hydrogen) atoms. The van der Waals surface area contributed by atoms with Crippen LogP contribution in [0.3, 0.4) is 0 Å². The molecule has 0 saturated carbocycles. The summed E-state index contributed by atoms with van der Waals surface area (Å²) < 4.78 is 12.9. The highest BCUT2D eigenvalue weighted by Crippen LogP contribution is 2.37. The molecule has 1 rings (SSSR count). The van der Waals surface area contributed by atoms with Gasteiger partial charge in [0, 0.05) is 0 Å². The summed E-state index contributed by atoms with van der Waals surface area (Å²) >= 11 is 0. The van der Waals surface area contributed by atoms with Gasteiger partial charge in [-0.05, 0) is 42.4 Å². The van der Waals surface area contributed by atoms with E-state index in [1.165, 1.54) is 37.7 Å². The predicted molar refractivity (Wildman–Crippen MR) is 72.6 cm³/mol. The summed E-state index contributed by atoms with van der Waals surface area (Å²) in [5.41, 5.74) is 1.69. The van der Waals surface area contributed by atoms with Crippen molar-refractivity contribution in [3.8, 4) is 0 Å². The number of benzene rings is 1. The smallest absolute Gasteiger partial charge is 0.123 e. The highest BCUT2D eigenvalue weighted by Gasteiger charge is 2.26. The molecule has 1 aromatic rings. The van der Waals surface area contributed by atoms with E-state index in [4.69, 9.17) is 0 Å². The third-order valence-corrected chi connectivity index (χ3v) is 3.80. The van der Waals surface area contributed by atoms with Crippen LogP contribution in [0, 0.1) is 11.2 Å². The molecule has 0 saturated heterocycles. The first-order valence-electron chi connectivity index (χ1n) is 6.90. The van der Waals surface area contributed by atoms with Crippen molar-refractivity contribution in [2.24, 2.45) is 5.41 Å². The van der Waals surface area contributed by atoms with Crippen LogP contribution in [0.2, 0.25) is 0 Å². The van der Waals surface area contributed by atoms with Gasteiger partial charge < -0.3 is 0 Å². The van der Waals surface area contributed by atoms with Crippen LogP contribution in [0.25, 0.3) is 0 Å². The largest absolute Gasteiger partial charge is 0.207 e. The molecule has 0 fully saturated rings. The van der Waals surface area contributed by atoms with E-state index in [-0.39, 0.29) is 5.82 Å². The predicted octanol–water partition coefficient (Wildman–Crippen LogP) is 5.36. The number of hydrogen-bond donors (Lipinski definition) is 0. The van der Waals surface area contributed by atoms with Gasteiger partial charge in [0.25, 0.3) is 0 Å². The van der Waals surface area contributed by atoms with Crippen molar-refractivity contribution in [2.45, 2.75) is 59.3 Å². The van der Waals surface area contributed by atoms with Crippen LogP contribution in [0.5, 0.6) is 0 Å². The molecule has 96 valence electrons. The summed E-state index contributed by atoms with van der Waals surface area (Å²) in [7, 11) is 0. The fourth-order valence-electron chi connectivity index (χ4n) is 2.88. The van der Waals surface area contributed by atoms with Crippen LogP contribution in [0.15, 0.2) is 24.3 Å². The third-order valence-electron chi connectivity index (χ3n) is 3.80. The van der Waals surface area contributed by atoms with E-state index >= 15 is 0 Å². The van der Waals surface area contributed by atoms with Gasteiger partial charge in [-0.15, -0.1) is 0 Å². The van der Waals surface area contributed by atoms with Gasteiger partial charge >= 0.3 is 0 Å². The van der Waals surface area contributed by atoms with Crippen LogP contribution < -0.4 is 0 Å². The van der Waals surface area contributed by atoms with E-state index in [2.05, 4.69) is 20.8 Å². The quantitative estimate of drug-likeness (QED) is 0.597. The standard InChI is InChI=1S/C16H25F/c1-4-11-16(6-3,12-5-2)13-14-7-9-15(17)10-8-14/h7-10H,4-6,11-13H2,1-3H3. The Kier molecular flexibility index (Phi) is 5.67. The minimum absolute atomic E-state index is 0.137. The first-order valence-corrected chi connectivity index (χ1v) is 6.90. The van der Waals surface area contributed by atoms with E-state index in [9.17, 15) is 4.39 Å². The lowest BCUT2D eigenvalue weighted by Gasteiger charge is -2.33. The van der Waals surface area contributed by atoms with Gasteiger partial charge in [0.1, 0.15) is 5.82 Å². The lowest BCUT2D eigenvalue weighted by Crippen LogP contribution is -2.22. The normalized spacial score (nSPS) is 11.8. The summed E-state index contributed by atoms with van der Waals surface area (Å²) in [6.45, 7) is 6.80. The van der Waals surface area contributed by atoms with Crippen molar-refractivity contribution in [1.82, 2.24) is 0 Å². The van der Waals surface area contributed by atoms with Crippen molar-refractivity contribution < 1.29 is 4.39 Å². The maximum absolute atomic E-state index is 12.9. The zero-order valence-electron chi connectivity index (χ0n) is 11.4. The number of halogens is 1. The van der Waals surface area contributed by atoms with Gasteiger partial charge in [-0.2, -0.15) is 0 Å². The summed E-state index contributed by atoms with van der Waals surface area (Å²) in [6.07, 6.45) is 7.31. The minimum atomic E-state index is -0.137. The first kappa shape index (κ1) is 14.2. The molecule has 0 aromatic heterocycles. The van der Waals surface area contributed by atoms with Crippen molar-refractivity contribution in [1.29, 1.82) is 0 Å². The Hall–Kier alpha value is -0.850. The Labute approximate surface area is 105 Å². The van der Waals surface area contributed by atoms with Crippen LogP contribution in [-0.4, -0.2) is 0 Å². The van der Waals surface area contributed by atoms with Crippen LogP contribution in [0.4, 0.5) is 4.39 Å². The average molecular weight is 236 g/mol. The molecule has 0 heterocycles. The van der Waals surface area contributed by atoms with Gasteiger partial charge in [-0.1, -0.05) is 52.2 Å². The Morgan fingerprint density at radius 1 is 0.941 bits per heavy atom. The lowest BCUT2D eigenvalue weighted by molar-refractivity contribution is 0.221. The molecule has 0 N–H and O–H groups in total. The molecule has 0 aliphatic rings. The molecule has 0 nitrogen and oxygen atoms in total. The second-order valence-electron chi connectivity index (χ2n) is 5.16. The molecule has 0 aliphatic carbocycles. The topological polar surface area (TPSA) is 0 Å². The molecular formula is C16H25F. The first-order chi connectivity index (χ1) is 8.15. The molecule has 0 unspecified atom stereocenters. The molecule has 0 amide bonds. The molecule has 0 bridgehead atoms. The van der Waals surface area contributed by atoms with E-state index in [0.717, 1.165) is 6.42 Å². The second-order valence-corrected chi connectivity index (χ2v) is 5.16. The van der Waals surface area contributed by atoms with Crippen LogP contribution in [-0.2, 0) is 6.42 Å². The summed E-state index contributed by atoms with van der Waals surface area (Å²) in [4.78, 5) is 0. The van der Waals surface area contributed by atoms with Gasteiger partial charge in [0.05, 0.1) is 0 Å². The van der Waals surface area contributed by atoms with Crippen molar-refractivity contribution in [3.05, 3.63) is 35.6 Å². The molecule has 1 heteroatoms. The van der Waals surface area contributed by atoms with Crippen LogP contribution in [0.1, 0.15) is 58.4 Å². The Morgan fingerprint density at radius 2 is 1.47 bits per heavy atom. The van der Waals surface area contributed by atoms with Crippen LogP contribution >= 0.6 is 0 Å². The maximum atomic E-state index is 12.9. The number of hydrogen-bond acceptors (Lipinski definition) is 0. The van der Waals surface area contributed by atoms with E-state index in [1.807, 2.05) is 12.1 Å². The molecule has 0 atom stereocenters. The SMILES string of the molecule is CCCC(CC)(CCC)Cc1ccc(F)cc1. The third kappa shape index (κ3) is 4.14. The summed E-state index contributed by atoms with van der Waals surface area (Å²) in [5, 5.41) is 0. The Balaban J connectivity index is 2.80. The zero-order chi connectivity index (χ0) is 12.7. The Morgan fingerprint density at radius 3 is 1.88 bits per heavy atom. The van der Waals surface area contributed by atoms with E-state index in [1.54, 1.807) is 12.1 Å². The van der Waals surface area contributed by atoms with Crippen molar-refractivity contribution >= 4 is 0 Å². The lowest BCUT2D eigenvalue weighted by atomic mass is 9.72. The van der Waals surface area contributed by atoms with Crippen molar-refractivity contribution in [3.63, 3.8) is 0 Å². The molecule has 0 spiro atoms. The zero-order valence-corrected chi connectivity index (χ0v) is 11.4. The highest BCUT2D eigenvalue weighted by molar-refractivity contribution is 5.17. The molecule has 0 aliphatic heterocycles. The molecular weight excluding hydrogens is 211 g/mol. The number of rotatable bonds is 7. The van der Waals surface area contributed by atoms with Gasteiger partial charge in [0.2, 0.25) is 0 Å². The monoisotopic (exact) mass is 236 g/mol. The van der Waals surface area contributed by atoms with Gasteiger partial charge in [-0.25, -0.2) is 4.39 Å². The molecule has 0 radical (unpaired) electrons. The minimum Gasteiger partial charge on any atom is -0.207 e. The summed E-state index contributed by atoms with van der Waals surface area (Å²) in [6, 6.07) is 7.03. The van der Waals surface area contributed by atoms with Crippen molar-refractivity contribution in [2.75, 3.05) is 0 Å². The highest BCUT2D eigenvalue weighted by atomic mass is 19.1. The maximum Gasteiger partial charge on any atom is 0.123 e. The van der Waals surface area contributed by atoms with E-state index < -0.39 is 0 Å². The second kappa shape index (κ2) is 6.78. The fourth-order valence-corrected chi connectivity index (χ4v) is 2.88. The van der Waals surface area contributed by atoms with E-state index in [0.29, 0.717) is 5.41 Å². The molecule has 1 aromatic carbocycles. The van der Waals surface area contributed by atoms with Gasteiger partial charge in [-0.3, -0.25) is 0 Å².